The zero-order valence-electron chi connectivity index (χ0n) is 11.7. The van der Waals surface area contributed by atoms with Crippen LogP contribution in [0.25, 0.3) is 0 Å². The third-order valence-corrected chi connectivity index (χ3v) is 6.50. The maximum atomic E-state index is 13.0. The molecule has 5 unspecified atom stereocenters. The van der Waals surface area contributed by atoms with Gasteiger partial charge in [-0.1, -0.05) is 28.1 Å². The zero-order chi connectivity index (χ0) is 16.1. The van der Waals surface area contributed by atoms with E-state index in [2.05, 4.69) is 31.9 Å². The number of nitrogens with zero attached hydrogens (tertiary/aromatic N) is 1. The minimum Gasteiger partial charge on any atom is -0.409 e. The van der Waals surface area contributed by atoms with Crippen molar-refractivity contribution in [3.63, 3.8) is 0 Å². The number of fused-ring (bicyclic) bond motifs is 9. The van der Waals surface area contributed by atoms with Crippen LogP contribution in [-0.4, -0.2) is 22.9 Å². The highest BCUT2D eigenvalue weighted by molar-refractivity contribution is 9.11. The van der Waals surface area contributed by atoms with Crippen LogP contribution in [0.5, 0.6) is 0 Å². The van der Waals surface area contributed by atoms with Crippen molar-refractivity contribution in [3.8, 4) is 0 Å². The molecule has 2 bridgehead atoms. The number of esters is 1. The van der Waals surface area contributed by atoms with E-state index >= 15 is 0 Å². The first-order chi connectivity index (χ1) is 10.9. The smallest absolute Gasteiger partial charge is 0.344 e. The SMILES string of the molecule is O=C1OC2(O)C3C4C=CC(C4)C3C(=O)N2c2c(Br)cc(Br)cc21. The van der Waals surface area contributed by atoms with Crippen molar-refractivity contribution in [2.24, 2.45) is 23.7 Å². The van der Waals surface area contributed by atoms with Gasteiger partial charge in [0.05, 0.1) is 23.1 Å². The average Bonchev–Trinajstić information content (AvgIpc) is 3.13. The molecule has 0 spiro atoms. The van der Waals surface area contributed by atoms with Gasteiger partial charge in [-0.2, -0.15) is 0 Å². The van der Waals surface area contributed by atoms with E-state index < -0.39 is 17.8 Å². The van der Waals surface area contributed by atoms with Crippen molar-refractivity contribution in [2.45, 2.75) is 12.3 Å². The first-order valence-electron chi connectivity index (χ1n) is 7.39. The molecule has 2 aliphatic heterocycles. The van der Waals surface area contributed by atoms with Crippen LogP contribution in [-0.2, 0) is 9.53 Å². The van der Waals surface area contributed by atoms with Crippen LogP contribution in [0.15, 0.2) is 33.2 Å². The monoisotopic (exact) mass is 439 g/mol. The highest BCUT2D eigenvalue weighted by atomic mass is 79.9. The zero-order valence-corrected chi connectivity index (χ0v) is 14.9. The van der Waals surface area contributed by atoms with Crippen LogP contribution < -0.4 is 4.90 Å². The molecule has 2 aliphatic carbocycles. The number of hydrogen-bond acceptors (Lipinski definition) is 4. The van der Waals surface area contributed by atoms with E-state index in [0.29, 0.717) is 14.6 Å². The average molecular weight is 441 g/mol. The number of ether oxygens (including phenoxy) is 1. The number of carbonyl (C=O) groups is 2. The molecule has 2 fully saturated rings. The van der Waals surface area contributed by atoms with Crippen molar-refractivity contribution in [2.75, 3.05) is 4.90 Å². The fraction of sp³-hybridized carbons (Fsp3) is 0.375. The van der Waals surface area contributed by atoms with Gasteiger partial charge in [-0.05, 0) is 46.3 Å². The fourth-order valence-corrected chi connectivity index (χ4v) is 6.05. The Morgan fingerprint density at radius 1 is 1.22 bits per heavy atom. The second-order valence-corrected chi connectivity index (χ2v) is 8.28. The van der Waals surface area contributed by atoms with Crippen LogP contribution in [0.2, 0.25) is 0 Å². The molecule has 5 rings (SSSR count). The highest BCUT2D eigenvalue weighted by Crippen LogP contribution is 2.61. The molecule has 1 aromatic rings. The molecule has 118 valence electrons. The molecular weight excluding hydrogens is 430 g/mol. The number of aliphatic hydroxyl groups is 1. The second kappa shape index (κ2) is 4.26. The largest absolute Gasteiger partial charge is 0.409 e. The Labute approximate surface area is 148 Å². The van der Waals surface area contributed by atoms with Crippen LogP contribution in [0.1, 0.15) is 16.8 Å². The number of halogens is 2. The van der Waals surface area contributed by atoms with Gasteiger partial charge in [0.2, 0.25) is 5.91 Å². The number of hydrogen-bond donors (Lipinski definition) is 1. The lowest BCUT2D eigenvalue weighted by Gasteiger charge is -2.41. The van der Waals surface area contributed by atoms with E-state index in [1.54, 1.807) is 12.1 Å². The third-order valence-electron chi connectivity index (χ3n) is 5.43. The van der Waals surface area contributed by atoms with Crippen LogP contribution in [0.3, 0.4) is 0 Å². The molecule has 1 saturated carbocycles. The Bertz CT molecular complexity index is 823. The summed E-state index contributed by atoms with van der Waals surface area (Å²) >= 11 is 6.75. The highest BCUT2D eigenvalue weighted by Gasteiger charge is 2.70. The standard InChI is InChI=1S/C16H11Br2NO4/c17-8-4-9-13(10(18)5-8)19-14(20)11-6-1-2-7(3-6)12(11)16(19,22)23-15(9)21/h1-2,4-7,11-12,22H,3H2. The lowest BCUT2D eigenvalue weighted by atomic mass is 9.83. The van der Waals surface area contributed by atoms with E-state index in [9.17, 15) is 14.7 Å². The lowest BCUT2D eigenvalue weighted by molar-refractivity contribution is -0.196. The second-order valence-electron chi connectivity index (χ2n) is 6.51. The molecule has 0 aromatic heterocycles. The van der Waals surface area contributed by atoms with Crippen molar-refractivity contribution >= 4 is 49.4 Å². The summed E-state index contributed by atoms with van der Waals surface area (Å²) in [6.07, 6.45) is 4.91. The van der Waals surface area contributed by atoms with Gasteiger partial charge in [0.1, 0.15) is 0 Å². The normalized spacial score (nSPS) is 39.3. The van der Waals surface area contributed by atoms with Gasteiger partial charge < -0.3 is 9.84 Å². The maximum absolute atomic E-state index is 13.0. The molecular formula is C16H11Br2NO4. The van der Waals surface area contributed by atoms with Crippen molar-refractivity contribution in [1.29, 1.82) is 0 Å². The molecule has 1 amide bonds. The summed E-state index contributed by atoms with van der Waals surface area (Å²) in [7, 11) is 0. The summed E-state index contributed by atoms with van der Waals surface area (Å²) in [5, 5.41) is 11.2. The predicted octanol–water partition coefficient (Wildman–Crippen LogP) is 2.81. The van der Waals surface area contributed by atoms with Gasteiger partial charge in [-0.25, -0.2) is 9.69 Å². The van der Waals surface area contributed by atoms with Crippen LogP contribution in [0.4, 0.5) is 5.69 Å². The van der Waals surface area contributed by atoms with Gasteiger partial charge in [-0.15, -0.1) is 0 Å². The van der Waals surface area contributed by atoms with Gasteiger partial charge in [0.15, 0.2) is 0 Å². The first kappa shape index (κ1) is 14.2. The van der Waals surface area contributed by atoms with E-state index in [-0.39, 0.29) is 29.2 Å². The molecule has 5 nitrogen and oxygen atoms in total. The van der Waals surface area contributed by atoms with E-state index in [1.165, 1.54) is 4.90 Å². The predicted molar refractivity (Wildman–Crippen MR) is 87.4 cm³/mol. The summed E-state index contributed by atoms with van der Waals surface area (Å²) < 4.78 is 6.69. The molecule has 1 aromatic carbocycles. The summed E-state index contributed by atoms with van der Waals surface area (Å²) in [6.45, 7) is 0. The number of carbonyl (C=O) groups excluding carboxylic acids is 2. The van der Waals surface area contributed by atoms with Gasteiger partial charge >= 0.3 is 11.9 Å². The fourth-order valence-electron chi connectivity index (χ4n) is 4.65. The van der Waals surface area contributed by atoms with Gasteiger partial charge in [0, 0.05) is 8.95 Å². The Hall–Kier alpha value is -1.18. The minimum absolute atomic E-state index is 0.0625. The first-order valence-corrected chi connectivity index (χ1v) is 8.97. The molecule has 2 heterocycles. The maximum Gasteiger partial charge on any atom is 0.344 e. The quantitative estimate of drug-likeness (QED) is 0.497. The summed E-state index contributed by atoms with van der Waals surface area (Å²) in [6, 6.07) is 3.36. The molecule has 5 atom stereocenters. The van der Waals surface area contributed by atoms with Gasteiger partial charge in [0.25, 0.3) is 0 Å². The molecule has 23 heavy (non-hydrogen) atoms. The van der Waals surface area contributed by atoms with E-state index in [1.807, 2.05) is 12.2 Å². The minimum atomic E-state index is -1.90. The Morgan fingerprint density at radius 3 is 2.74 bits per heavy atom. The van der Waals surface area contributed by atoms with Crippen LogP contribution in [0, 0.1) is 23.7 Å². The Kier molecular flexibility index (Phi) is 2.63. The van der Waals surface area contributed by atoms with E-state index in [4.69, 9.17) is 4.74 Å². The molecule has 4 aliphatic rings. The molecule has 7 heteroatoms. The third kappa shape index (κ3) is 1.56. The number of allylic oxidation sites excluding steroid dienone is 2. The number of benzene rings is 1. The number of rotatable bonds is 0. The van der Waals surface area contributed by atoms with Crippen LogP contribution >= 0.6 is 31.9 Å². The number of anilines is 1. The lowest BCUT2D eigenvalue weighted by Crippen LogP contribution is -2.57. The Morgan fingerprint density at radius 2 is 1.96 bits per heavy atom. The van der Waals surface area contributed by atoms with Crippen molar-refractivity contribution < 1.29 is 19.4 Å². The summed E-state index contributed by atoms with van der Waals surface area (Å²) in [4.78, 5) is 26.8. The topological polar surface area (TPSA) is 66.8 Å². The summed E-state index contributed by atoms with van der Waals surface area (Å²) in [5.74, 6) is -3.24. The Balaban J connectivity index is 1.76. The number of amides is 1. The molecule has 0 radical (unpaired) electrons. The summed E-state index contributed by atoms with van der Waals surface area (Å²) in [5.41, 5.74) is 0.662. The molecule has 1 saturated heterocycles. The van der Waals surface area contributed by atoms with Gasteiger partial charge in [-0.3, -0.25) is 4.79 Å². The van der Waals surface area contributed by atoms with E-state index in [0.717, 1.165) is 6.42 Å². The molecule has 1 N–H and O–H groups in total. The van der Waals surface area contributed by atoms with Crippen molar-refractivity contribution in [3.05, 3.63) is 38.8 Å². The van der Waals surface area contributed by atoms with Crippen molar-refractivity contribution in [1.82, 2.24) is 0 Å².